The molecule has 0 amide bonds. The Balaban J connectivity index is 2.17. The Morgan fingerprint density at radius 2 is 1.64 bits per heavy atom. The van der Waals surface area contributed by atoms with Crippen molar-refractivity contribution in [3.63, 3.8) is 0 Å². The van der Waals surface area contributed by atoms with Gasteiger partial charge in [0.05, 0.1) is 5.69 Å². The van der Waals surface area contributed by atoms with Gasteiger partial charge in [0, 0.05) is 16.3 Å². The van der Waals surface area contributed by atoms with E-state index in [1.165, 1.54) is 0 Å². The van der Waals surface area contributed by atoms with E-state index in [4.69, 9.17) is 15.6 Å². The van der Waals surface area contributed by atoms with Crippen molar-refractivity contribution in [2.45, 2.75) is 0 Å². The first kappa shape index (κ1) is 12.6. The van der Waals surface area contributed by atoms with Crippen LogP contribution in [0.5, 0.6) is 0 Å². The maximum Gasteiger partial charge on any atom is 0.376 e. The lowest BCUT2D eigenvalue weighted by molar-refractivity contribution is -0.194. The summed E-state index contributed by atoms with van der Waals surface area (Å²) < 4.78 is 5.66. The Labute approximate surface area is 126 Å². The molecule has 0 fully saturated rings. The molecule has 0 saturated carbocycles. The lowest BCUT2D eigenvalue weighted by Gasteiger charge is -2.07. The molecule has 0 unspecified atom stereocenters. The van der Waals surface area contributed by atoms with Crippen molar-refractivity contribution in [1.82, 2.24) is 4.98 Å². The second kappa shape index (κ2) is 4.70. The van der Waals surface area contributed by atoms with Crippen LogP contribution in [0.25, 0.3) is 33.0 Å². The topological polar surface area (TPSA) is 77.6 Å². The molecule has 0 aliphatic rings. The van der Waals surface area contributed by atoms with E-state index in [-0.39, 0.29) is 0 Å². The van der Waals surface area contributed by atoms with Crippen molar-refractivity contribution < 1.29 is 9.83 Å². The van der Waals surface area contributed by atoms with Crippen molar-refractivity contribution in [3.8, 4) is 11.3 Å². The molecule has 0 aliphatic carbocycles. The summed E-state index contributed by atoms with van der Waals surface area (Å²) in [6.45, 7) is 0. The Hall–Kier alpha value is -3.14. The highest BCUT2D eigenvalue weighted by molar-refractivity contribution is 6.08. The third kappa shape index (κ3) is 1.85. The highest BCUT2D eigenvalue weighted by Gasteiger charge is 2.14. The number of fused-ring (bicyclic) bond motifs is 3. The Bertz CT molecular complexity index is 1050. The molecule has 2 aromatic heterocycles. The van der Waals surface area contributed by atoms with Crippen LogP contribution in [0.4, 0.5) is 5.82 Å². The van der Waals surface area contributed by atoms with Gasteiger partial charge in [-0.3, -0.25) is 0 Å². The fourth-order valence-corrected chi connectivity index (χ4v) is 2.74. The van der Waals surface area contributed by atoms with Gasteiger partial charge < -0.3 is 10.2 Å². The van der Waals surface area contributed by atoms with Gasteiger partial charge in [0.15, 0.2) is 0 Å². The van der Waals surface area contributed by atoms with Crippen LogP contribution in [-0.2, 0) is 0 Å². The van der Waals surface area contributed by atoms with Gasteiger partial charge in [0.25, 0.3) is 0 Å². The predicted octanol–water partition coefficient (Wildman–Crippen LogP) is 1.89. The minimum Gasteiger partial charge on any atom is -0.404 e. The Morgan fingerprint density at radius 3 is 2.45 bits per heavy atom. The van der Waals surface area contributed by atoms with Gasteiger partial charge in [-0.1, -0.05) is 48.5 Å². The minimum absolute atomic E-state index is 0.290. The maximum absolute atomic E-state index is 6.14. The van der Waals surface area contributed by atoms with Gasteiger partial charge in [0.1, 0.15) is 16.8 Å². The summed E-state index contributed by atoms with van der Waals surface area (Å²) in [5, 5.41) is 8.61. The van der Waals surface area contributed by atoms with E-state index in [2.05, 4.69) is 4.98 Å². The molecule has 4 heteroatoms. The molecule has 4 nitrogen and oxygen atoms in total. The van der Waals surface area contributed by atoms with Gasteiger partial charge in [-0.05, 0) is 12.1 Å². The number of benzene rings is 2. The molecule has 0 bridgehead atoms. The average Bonchev–Trinajstić information content (AvgIpc) is 2.55. The van der Waals surface area contributed by atoms with Crippen LogP contribution in [0, 0.1) is 0 Å². The first-order valence-corrected chi connectivity index (χ1v) is 7.00. The van der Waals surface area contributed by atoms with E-state index in [9.17, 15) is 0 Å². The summed E-state index contributed by atoms with van der Waals surface area (Å²) in [4.78, 5) is 4.48. The predicted molar refractivity (Wildman–Crippen MR) is 86.4 cm³/mol. The average molecular weight is 288 g/mol. The van der Waals surface area contributed by atoms with Gasteiger partial charge in [0.2, 0.25) is 0 Å². The second-order valence-electron chi connectivity index (χ2n) is 5.14. The monoisotopic (exact) mass is 288 g/mol. The second-order valence-corrected chi connectivity index (χ2v) is 5.14. The van der Waals surface area contributed by atoms with Crippen molar-refractivity contribution >= 4 is 27.6 Å². The van der Waals surface area contributed by atoms with Gasteiger partial charge >= 0.3 is 5.55 Å². The number of rotatable bonds is 1. The molecule has 0 saturated heterocycles. The fourth-order valence-electron chi connectivity index (χ4n) is 2.74. The number of anilines is 1. The molecule has 22 heavy (non-hydrogen) atoms. The van der Waals surface area contributed by atoms with Crippen molar-refractivity contribution in [2.24, 2.45) is 0 Å². The first-order chi connectivity index (χ1) is 10.7. The number of para-hydroxylation sites is 1. The number of nitrogen functional groups attached to an aromatic ring is 1. The van der Waals surface area contributed by atoms with Crippen LogP contribution in [0.3, 0.4) is 0 Å². The lowest BCUT2D eigenvalue weighted by Crippen LogP contribution is -2.45. The van der Waals surface area contributed by atoms with E-state index in [1.54, 1.807) is 0 Å². The smallest absolute Gasteiger partial charge is 0.376 e. The largest absolute Gasteiger partial charge is 0.404 e. The summed E-state index contributed by atoms with van der Waals surface area (Å²) in [6, 6.07) is 19.7. The summed E-state index contributed by atoms with van der Waals surface area (Å²) in [6.07, 6.45) is 0. The van der Waals surface area contributed by atoms with Crippen molar-refractivity contribution in [3.05, 3.63) is 66.2 Å². The number of pyridine rings is 1. The Morgan fingerprint density at radius 1 is 0.909 bits per heavy atom. The molecule has 4 aromatic rings. The molecule has 0 atom stereocenters. The zero-order chi connectivity index (χ0) is 15.1. The van der Waals surface area contributed by atoms with Crippen LogP contribution < -0.4 is 16.7 Å². The molecule has 4 N–H and O–H groups in total. The SMILES string of the molecule is Nc1nc(-c2ccccc2)cc2c1c(=[NH2+])oc1ccccc12. The van der Waals surface area contributed by atoms with Crippen molar-refractivity contribution in [2.75, 3.05) is 5.73 Å². The molecular formula is C18H14N3O+. The third-order valence-corrected chi connectivity index (χ3v) is 3.76. The molecule has 106 valence electrons. The summed E-state index contributed by atoms with van der Waals surface area (Å²) >= 11 is 0. The number of nitrogens with zero attached hydrogens (tertiary/aromatic N) is 1. The van der Waals surface area contributed by atoms with Crippen LogP contribution in [0.15, 0.2) is 65.1 Å². The molecule has 0 radical (unpaired) electrons. The summed E-state index contributed by atoms with van der Waals surface area (Å²) in [7, 11) is 0. The lowest BCUT2D eigenvalue weighted by atomic mass is 10.0. The Kier molecular flexibility index (Phi) is 2.69. The van der Waals surface area contributed by atoms with E-state index >= 15 is 0 Å². The highest BCUT2D eigenvalue weighted by Crippen LogP contribution is 2.29. The van der Waals surface area contributed by atoms with Crippen LogP contribution in [0.2, 0.25) is 0 Å². The standard InChI is InChI=1S/C18H13N3O/c19-17-16-13(10-14(21-17)11-6-2-1-3-7-11)12-8-4-5-9-15(12)22-18(16)20/h1-10,20H,(H2,19,21)/p+1. The van der Waals surface area contributed by atoms with Gasteiger partial charge in [-0.2, -0.15) is 0 Å². The quantitative estimate of drug-likeness (QED) is 0.525. The molecule has 2 heterocycles. The maximum atomic E-state index is 6.14. The molecule has 0 aliphatic heterocycles. The van der Waals surface area contributed by atoms with Crippen LogP contribution in [-0.4, -0.2) is 4.98 Å². The zero-order valence-electron chi connectivity index (χ0n) is 11.8. The molecule has 4 rings (SSSR count). The zero-order valence-corrected chi connectivity index (χ0v) is 11.8. The highest BCUT2D eigenvalue weighted by atomic mass is 16.3. The normalized spacial score (nSPS) is 11.1. The van der Waals surface area contributed by atoms with E-state index in [0.29, 0.717) is 16.8 Å². The fraction of sp³-hybridized carbons (Fsp3) is 0. The summed E-state index contributed by atoms with van der Waals surface area (Å²) in [5.74, 6) is 0.378. The minimum atomic E-state index is 0.290. The van der Waals surface area contributed by atoms with E-state index in [1.807, 2.05) is 60.7 Å². The number of nitrogens with two attached hydrogens (primary N) is 2. The molecule has 2 aromatic carbocycles. The molecular weight excluding hydrogens is 274 g/mol. The first-order valence-electron chi connectivity index (χ1n) is 7.00. The van der Waals surface area contributed by atoms with E-state index < -0.39 is 0 Å². The van der Waals surface area contributed by atoms with Gasteiger partial charge in [-0.15, -0.1) is 0 Å². The van der Waals surface area contributed by atoms with Crippen molar-refractivity contribution in [1.29, 1.82) is 0 Å². The van der Waals surface area contributed by atoms with Gasteiger partial charge in [-0.25, -0.2) is 10.4 Å². The number of aromatic nitrogens is 1. The number of hydrogen-bond acceptors (Lipinski definition) is 3. The number of hydrogen-bond donors (Lipinski definition) is 2. The van der Waals surface area contributed by atoms with Crippen LogP contribution in [0.1, 0.15) is 0 Å². The molecule has 0 spiro atoms. The third-order valence-electron chi connectivity index (χ3n) is 3.76. The van der Waals surface area contributed by atoms with E-state index in [0.717, 1.165) is 27.6 Å². The summed E-state index contributed by atoms with van der Waals surface area (Å²) in [5.41, 5.74) is 8.99. The van der Waals surface area contributed by atoms with Crippen LogP contribution >= 0.6 is 0 Å².